The molecule has 0 fully saturated rings. The predicted molar refractivity (Wildman–Crippen MR) is 122 cm³/mol. The van der Waals surface area contributed by atoms with Gasteiger partial charge in [0.05, 0.1) is 19.9 Å². The Balaban J connectivity index is 1.61. The zero-order chi connectivity index (χ0) is 21.7. The summed E-state index contributed by atoms with van der Waals surface area (Å²) in [5, 5.41) is 10.1. The van der Waals surface area contributed by atoms with Crippen LogP contribution in [-0.4, -0.2) is 29.0 Å². The van der Waals surface area contributed by atoms with E-state index in [0.29, 0.717) is 5.95 Å². The number of nitrogens with one attached hydrogen (secondary N) is 1. The fourth-order valence-corrected chi connectivity index (χ4v) is 5.13. The molecule has 0 amide bonds. The Kier molecular flexibility index (Phi) is 4.39. The first-order valence-corrected chi connectivity index (χ1v) is 11.1. The maximum absolute atomic E-state index is 6.60. The molecule has 0 radical (unpaired) electrons. The Morgan fingerprint density at radius 2 is 1.84 bits per heavy atom. The number of aromatic nitrogens is 3. The molecule has 2 aromatic heterocycles. The summed E-state index contributed by atoms with van der Waals surface area (Å²) in [5.74, 6) is 3.06. The van der Waals surface area contributed by atoms with Crippen LogP contribution in [0.15, 0.2) is 71.9 Å². The van der Waals surface area contributed by atoms with Crippen LogP contribution in [0.5, 0.6) is 17.2 Å². The Labute approximate surface area is 188 Å². The lowest BCUT2D eigenvalue weighted by molar-refractivity contribution is 0.226. The Hall–Kier alpha value is -3.78. The lowest BCUT2D eigenvalue weighted by Gasteiger charge is -2.38. The molecule has 1 N–H and O–H groups in total. The van der Waals surface area contributed by atoms with Crippen LogP contribution in [0.3, 0.4) is 0 Å². The predicted octanol–water partition coefficient (Wildman–Crippen LogP) is 4.92. The maximum Gasteiger partial charge on any atom is 0.226 e. The van der Waals surface area contributed by atoms with Crippen molar-refractivity contribution in [1.29, 1.82) is 0 Å². The van der Waals surface area contributed by atoms with Gasteiger partial charge in [-0.05, 0) is 47.3 Å². The number of nitrogens with zero attached hydrogens (tertiary/aromatic N) is 3. The third-order valence-corrected chi connectivity index (χ3v) is 6.77. The quantitative estimate of drug-likeness (QED) is 0.482. The lowest BCUT2D eigenvalue weighted by atomic mass is 9.86. The second-order valence-corrected chi connectivity index (χ2v) is 8.51. The van der Waals surface area contributed by atoms with Gasteiger partial charge in [0.25, 0.3) is 0 Å². The van der Waals surface area contributed by atoms with Gasteiger partial charge < -0.3 is 19.5 Å². The van der Waals surface area contributed by atoms with Gasteiger partial charge in [0.15, 0.2) is 6.10 Å². The summed E-state index contributed by atoms with van der Waals surface area (Å²) in [6.45, 7) is 0. The molecule has 2 aromatic carbocycles. The van der Waals surface area contributed by atoms with Crippen LogP contribution < -0.4 is 19.5 Å². The standard InChI is InChI=1S/C24H20N4O3S/c1-29-15-7-5-14(6-8-15)22-20-21(27-24-25-13-26-28(22)24)17-12-16(30-2)9-10-18(17)31-23(20)19-4-3-11-32-19/h3-13,22-23H,1-2H3,(H,25,26,27). The van der Waals surface area contributed by atoms with Crippen LogP contribution in [0, 0.1) is 0 Å². The third-order valence-electron chi connectivity index (χ3n) is 5.85. The van der Waals surface area contributed by atoms with Crippen LogP contribution in [-0.2, 0) is 0 Å². The minimum atomic E-state index is -0.261. The highest BCUT2D eigenvalue weighted by Gasteiger charge is 2.41. The minimum absolute atomic E-state index is 0.193. The number of anilines is 1. The van der Waals surface area contributed by atoms with Crippen molar-refractivity contribution in [2.75, 3.05) is 19.5 Å². The topological polar surface area (TPSA) is 70.4 Å². The average Bonchev–Trinajstić information content (AvgIpc) is 3.54. The van der Waals surface area contributed by atoms with Crippen molar-refractivity contribution in [3.8, 4) is 17.2 Å². The van der Waals surface area contributed by atoms with E-state index in [9.17, 15) is 0 Å². The Morgan fingerprint density at radius 1 is 1.03 bits per heavy atom. The van der Waals surface area contributed by atoms with Crippen LogP contribution in [0.25, 0.3) is 5.70 Å². The molecule has 2 aliphatic heterocycles. The van der Waals surface area contributed by atoms with Gasteiger partial charge in [0.1, 0.15) is 29.6 Å². The van der Waals surface area contributed by atoms with Crippen molar-refractivity contribution in [1.82, 2.24) is 14.8 Å². The third kappa shape index (κ3) is 2.87. The van der Waals surface area contributed by atoms with Gasteiger partial charge in [0.2, 0.25) is 5.95 Å². The monoisotopic (exact) mass is 444 g/mol. The van der Waals surface area contributed by atoms with E-state index in [1.165, 1.54) is 0 Å². The van der Waals surface area contributed by atoms with E-state index in [2.05, 4.69) is 39.0 Å². The molecule has 0 saturated carbocycles. The first-order chi connectivity index (χ1) is 15.8. The van der Waals surface area contributed by atoms with Crippen LogP contribution >= 0.6 is 11.3 Å². The fourth-order valence-electron chi connectivity index (χ4n) is 4.36. The van der Waals surface area contributed by atoms with Crippen LogP contribution in [0.2, 0.25) is 0 Å². The molecule has 0 spiro atoms. The van der Waals surface area contributed by atoms with E-state index in [0.717, 1.165) is 44.5 Å². The molecule has 2 atom stereocenters. The first-order valence-electron chi connectivity index (χ1n) is 10.2. The van der Waals surface area contributed by atoms with Crippen molar-refractivity contribution in [2.24, 2.45) is 0 Å². The molecule has 6 rings (SSSR count). The molecule has 0 saturated heterocycles. The number of methoxy groups -OCH3 is 2. The van der Waals surface area contributed by atoms with Gasteiger partial charge in [-0.2, -0.15) is 10.1 Å². The molecule has 0 aliphatic carbocycles. The van der Waals surface area contributed by atoms with Crippen molar-refractivity contribution in [3.05, 3.63) is 87.9 Å². The molecule has 8 heteroatoms. The van der Waals surface area contributed by atoms with Crippen LogP contribution in [0.1, 0.15) is 28.1 Å². The van der Waals surface area contributed by atoms with E-state index < -0.39 is 0 Å². The van der Waals surface area contributed by atoms with Crippen LogP contribution in [0.4, 0.5) is 5.95 Å². The number of benzene rings is 2. The zero-order valence-electron chi connectivity index (χ0n) is 17.5. The van der Waals surface area contributed by atoms with Gasteiger partial charge in [-0.1, -0.05) is 18.2 Å². The molecule has 4 aromatic rings. The summed E-state index contributed by atoms with van der Waals surface area (Å²) in [6.07, 6.45) is 1.31. The zero-order valence-corrected chi connectivity index (χ0v) is 18.3. The number of fused-ring (bicyclic) bond motifs is 3. The van der Waals surface area contributed by atoms with Gasteiger partial charge in [0, 0.05) is 16.0 Å². The second-order valence-electron chi connectivity index (χ2n) is 7.53. The molecular weight excluding hydrogens is 424 g/mol. The highest BCUT2D eigenvalue weighted by Crippen LogP contribution is 2.51. The van der Waals surface area contributed by atoms with Crippen molar-refractivity contribution < 1.29 is 14.2 Å². The van der Waals surface area contributed by atoms with E-state index in [4.69, 9.17) is 14.2 Å². The summed E-state index contributed by atoms with van der Waals surface area (Å²) in [6, 6.07) is 17.9. The summed E-state index contributed by atoms with van der Waals surface area (Å²) < 4.78 is 19.4. The average molecular weight is 445 g/mol. The summed E-state index contributed by atoms with van der Waals surface area (Å²) >= 11 is 1.68. The van der Waals surface area contributed by atoms with Gasteiger partial charge in [-0.15, -0.1) is 11.3 Å². The van der Waals surface area contributed by atoms with E-state index in [-0.39, 0.29) is 12.1 Å². The van der Waals surface area contributed by atoms with Crippen molar-refractivity contribution in [3.63, 3.8) is 0 Å². The molecule has 2 aliphatic rings. The molecule has 0 bridgehead atoms. The highest BCUT2D eigenvalue weighted by atomic mass is 32.1. The number of hydrogen-bond acceptors (Lipinski definition) is 7. The van der Waals surface area contributed by atoms with Gasteiger partial charge >= 0.3 is 0 Å². The Morgan fingerprint density at radius 3 is 2.59 bits per heavy atom. The highest BCUT2D eigenvalue weighted by molar-refractivity contribution is 7.10. The minimum Gasteiger partial charge on any atom is -0.497 e. The van der Waals surface area contributed by atoms with Crippen molar-refractivity contribution >= 4 is 23.0 Å². The molecular formula is C24H20N4O3S. The van der Waals surface area contributed by atoms with E-state index in [1.807, 2.05) is 41.1 Å². The van der Waals surface area contributed by atoms with Gasteiger partial charge in [-0.3, -0.25) is 0 Å². The normalized spacial score (nSPS) is 18.7. The number of ether oxygens (including phenoxy) is 3. The lowest BCUT2D eigenvalue weighted by Crippen LogP contribution is -2.32. The Bertz CT molecular complexity index is 1310. The first kappa shape index (κ1) is 18.9. The summed E-state index contributed by atoms with van der Waals surface area (Å²) in [7, 11) is 3.34. The molecule has 2 unspecified atom stereocenters. The molecule has 4 heterocycles. The molecule has 7 nitrogen and oxygen atoms in total. The maximum atomic E-state index is 6.60. The molecule has 160 valence electrons. The van der Waals surface area contributed by atoms with E-state index >= 15 is 0 Å². The molecule has 32 heavy (non-hydrogen) atoms. The second kappa shape index (κ2) is 7.42. The van der Waals surface area contributed by atoms with Crippen molar-refractivity contribution in [2.45, 2.75) is 12.1 Å². The van der Waals surface area contributed by atoms with E-state index in [1.54, 1.807) is 31.9 Å². The largest absolute Gasteiger partial charge is 0.497 e. The number of thiophene rings is 1. The smallest absolute Gasteiger partial charge is 0.226 e. The summed E-state index contributed by atoms with van der Waals surface area (Å²) in [4.78, 5) is 5.60. The SMILES string of the molecule is COc1ccc(C2C3=C(Nc4ncnn42)c2cc(OC)ccc2OC3c2cccs2)cc1. The number of hydrogen-bond donors (Lipinski definition) is 1. The van der Waals surface area contributed by atoms with Gasteiger partial charge in [-0.25, -0.2) is 4.68 Å². The fraction of sp³-hybridized carbons (Fsp3) is 0.167. The number of rotatable bonds is 4. The summed E-state index contributed by atoms with van der Waals surface area (Å²) in [5.41, 5.74) is 4.07.